The average Bonchev–Trinajstić information content (AvgIpc) is 3.52. The van der Waals surface area contributed by atoms with E-state index < -0.39 is 0 Å². The summed E-state index contributed by atoms with van der Waals surface area (Å²) >= 11 is 1.43. The molecule has 172 valence electrons. The maximum Gasteiger partial charge on any atom is 0.233 e. The molecule has 0 aliphatic heterocycles. The SMILES string of the molecule is COc1ccc(CC(=O)N(CCCn2ccnc2)c2nc3c(OC)ccc(OC)c3s2)cc1. The minimum absolute atomic E-state index is 0.0252. The van der Waals surface area contributed by atoms with E-state index in [1.807, 2.05) is 47.2 Å². The minimum Gasteiger partial charge on any atom is -0.497 e. The van der Waals surface area contributed by atoms with E-state index in [4.69, 9.17) is 19.2 Å². The van der Waals surface area contributed by atoms with Gasteiger partial charge >= 0.3 is 0 Å². The van der Waals surface area contributed by atoms with Gasteiger partial charge in [-0.25, -0.2) is 9.97 Å². The Bertz CT molecular complexity index is 1160. The molecule has 0 N–H and O–H groups in total. The topological polar surface area (TPSA) is 78.7 Å². The van der Waals surface area contributed by atoms with Crippen molar-refractivity contribution in [3.63, 3.8) is 0 Å². The van der Waals surface area contributed by atoms with Crippen LogP contribution in [0.2, 0.25) is 0 Å². The lowest BCUT2D eigenvalue weighted by Gasteiger charge is -2.20. The predicted octanol–water partition coefficient (Wildman–Crippen LogP) is 4.18. The van der Waals surface area contributed by atoms with Gasteiger partial charge in [0, 0.05) is 25.5 Å². The molecule has 0 saturated heterocycles. The maximum atomic E-state index is 13.4. The summed E-state index contributed by atoms with van der Waals surface area (Å²) in [7, 11) is 4.86. The normalized spacial score (nSPS) is 10.9. The van der Waals surface area contributed by atoms with Gasteiger partial charge in [0.1, 0.15) is 27.5 Å². The van der Waals surface area contributed by atoms with Crippen LogP contribution in [0.5, 0.6) is 17.2 Å². The fraction of sp³-hybridized carbons (Fsp3) is 0.292. The number of hydrogen-bond acceptors (Lipinski definition) is 7. The van der Waals surface area contributed by atoms with Gasteiger partial charge in [-0.2, -0.15) is 0 Å². The molecule has 1 amide bonds. The van der Waals surface area contributed by atoms with E-state index in [2.05, 4.69) is 4.98 Å². The van der Waals surface area contributed by atoms with E-state index in [-0.39, 0.29) is 12.3 Å². The van der Waals surface area contributed by atoms with E-state index in [0.29, 0.717) is 28.7 Å². The molecule has 0 radical (unpaired) electrons. The highest BCUT2D eigenvalue weighted by atomic mass is 32.1. The number of carbonyl (C=O) groups is 1. The summed E-state index contributed by atoms with van der Waals surface area (Å²) in [5.41, 5.74) is 1.60. The number of hydrogen-bond donors (Lipinski definition) is 0. The Morgan fingerprint density at radius 3 is 2.45 bits per heavy atom. The number of aryl methyl sites for hydroxylation is 1. The predicted molar refractivity (Wildman–Crippen MR) is 129 cm³/mol. The molecule has 0 aliphatic carbocycles. The van der Waals surface area contributed by atoms with Crippen LogP contribution in [-0.2, 0) is 17.8 Å². The summed E-state index contributed by atoms with van der Waals surface area (Å²) in [4.78, 5) is 24.0. The summed E-state index contributed by atoms with van der Waals surface area (Å²) in [5.74, 6) is 2.08. The van der Waals surface area contributed by atoms with E-state index >= 15 is 0 Å². The molecule has 0 saturated carbocycles. The number of methoxy groups -OCH3 is 3. The number of rotatable bonds is 10. The zero-order chi connectivity index (χ0) is 23.2. The Kier molecular flexibility index (Phi) is 7.09. The second kappa shape index (κ2) is 10.4. The Labute approximate surface area is 196 Å². The third-order valence-corrected chi connectivity index (χ3v) is 6.40. The van der Waals surface area contributed by atoms with E-state index in [1.165, 1.54) is 11.3 Å². The van der Waals surface area contributed by atoms with Crippen LogP contribution in [0.25, 0.3) is 10.2 Å². The van der Waals surface area contributed by atoms with E-state index in [9.17, 15) is 4.79 Å². The number of thiazole rings is 1. The average molecular weight is 467 g/mol. The van der Waals surface area contributed by atoms with Crippen LogP contribution in [0.15, 0.2) is 55.1 Å². The molecule has 0 fully saturated rings. The van der Waals surface area contributed by atoms with Crippen molar-refractivity contribution >= 4 is 32.6 Å². The van der Waals surface area contributed by atoms with Crippen LogP contribution in [0, 0.1) is 0 Å². The van der Waals surface area contributed by atoms with Gasteiger partial charge < -0.3 is 18.8 Å². The first-order valence-electron chi connectivity index (χ1n) is 10.5. The van der Waals surface area contributed by atoms with Gasteiger partial charge in [0.15, 0.2) is 5.13 Å². The third kappa shape index (κ3) is 5.09. The van der Waals surface area contributed by atoms with Crippen molar-refractivity contribution in [3.05, 3.63) is 60.7 Å². The summed E-state index contributed by atoms with van der Waals surface area (Å²) < 4.78 is 19.1. The van der Waals surface area contributed by atoms with Gasteiger partial charge in [0.25, 0.3) is 0 Å². The van der Waals surface area contributed by atoms with Crippen molar-refractivity contribution < 1.29 is 19.0 Å². The van der Waals surface area contributed by atoms with Crippen LogP contribution in [0.3, 0.4) is 0 Å². The van der Waals surface area contributed by atoms with Crippen molar-refractivity contribution in [3.8, 4) is 17.2 Å². The lowest BCUT2D eigenvalue weighted by Crippen LogP contribution is -2.33. The molecule has 4 rings (SSSR count). The summed E-state index contributed by atoms with van der Waals surface area (Å²) in [6.45, 7) is 1.28. The molecule has 33 heavy (non-hydrogen) atoms. The van der Waals surface area contributed by atoms with Crippen LogP contribution < -0.4 is 19.1 Å². The highest BCUT2D eigenvalue weighted by Gasteiger charge is 2.22. The van der Waals surface area contributed by atoms with Crippen LogP contribution in [-0.4, -0.2) is 48.3 Å². The lowest BCUT2D eigenvalue weighted by atomic mass is 10.1. The molecule has 8 nitrogen and oxygen atoms in total. The molecular weight excluding hydrogens is 440 g/mol. The highest BCUT2D eigenvalue weighted by Crippen LogP contribution is 2.40. The van der Waals surface area contributed by atoms with Crippen molar-refractivity contribution in [1.29, 1.82) is 0 Å². The summed E-state index contributed by atoms with van der Waals surface area (Å²) in [6.07, 6.45) is 6.46. The lowest BCUT2D eigenvalue weighted by molar-refractivity contribution is -0.118. The fourth-order valence-electron chi connectivity index (χ4n) is 3.56. The number of imidazole rings is 1. The number of anilines is 1. The molecule has 0 bridgehead atoms. The Hall–Kier alpha value is -3.59. The second-order valence-electron chi connectivity index (χ2n) is 7.37. The van der Waals surface area contributed by atoms with Crippen molar-refractivity contribution in [1.82, 2.24) is 14.5 Å². The maximum absolute atomic E-state index is 13.4. The van der Waals surface area contributed by atoms with E-state index in [0.717, 1.165) is 29.0 Å². The van der Waals surface area contributed by atoms with Gasteiger partial charge in [-0.15, -0.1) is 0 Å². The first-order chi connectivity index (χ1) is 16.1. The standard InChI is InChI=1S/C24H26N4O4S/c1-30-18-7-5-17(6-8-18)15-21(29)28(13-4-12-27-14-11-25-16-27)24-26-22-19(31-2)9-10-20(32-3)23(22)33-24/h5-11,14,16H,4,12-13,15H2,1-3H3. The van der Waals surface area contributed by atoms with Crippen LogP contribution in [0.1, 0.15) is 12.0 Å². The minimum atomic E-state index is -0.0252. The van der Waals surface area contributed by atoms with Crippen molar-refractivity contribution in [2.24, 2.45) is 0 Å². The molecular formula is C24H26N4O4S. The molecule has 0 unspecified atom stereocenters. The fourth-order valence-corrected chi connectivity index (χ4v) is 4.68. The number of fused-ring (bicyclic) bond motifs is 1. The van der Waals surface area contributed by atoms with Crippen LogP contribution in [0.4, 0.5) is 5.13 Å². The van der Waals surface area contributed by atoms with Gasteiger partial charge in [-0.1, -0.05) is 23.5 Å². The number of nitrogens with zero attached hydrogens (tertiary/aromatic N) is 4. The van der Waals surface area contributed by atoms with E-state index in [1.54, 1.807) is 38.8 Å². The van der Waals surface area contributed by atoms with Gasteiger partial charge in [0.05, 0.1) is 34.1 Å². The monoisotopic (exact) mass is 466 g/mol. The zero-order valence-corrected chi connectivity index (χ0v) is 19.7. The second-order valence-corrected chi connectivity index (χ2v) is 8.35. The molecule has 9 heteroatoms. The van der Waals surface area contributed by atoms with Gasteiger partial charge in [0.2, 0.25) is 5.91 Å². The Morgan fingerprint density at radius 2 is 1.79 bits per heavy atom. The van der Waals surface area contributed by atoms with Gasteiger partial charge in [-0.3, -0.25) is 9.69 Å². The molecule has 4 aromatic rings. The quantitative estimate of drug-likeness (QED) is 0.349. The number of benzene rings is 2. The largest absolute Gasteiger partial charge is 0.497 e. The molecule has 2 aromatic heterocycles. The number of ether oxygens (including phenoxy) is 3. The molecule has 0 spiro atoms. The Morgan fingerprint density at radius 1 is 1.03 bits per heavy atom. The third-order valence-electron chi connectivity index (χ3n) is 5.30. The smallest absolute Gasteiger partial charge is 0.233 e. The van der Waals surface area contributed by atoms with Gasteiger partial charge in [-0.05, 0) is 36.2 Å². The van der Waals surface area contributed by atoms with Crippen LogP contribution >= 0.6 is 11.3 Å². The molecule has 0 atom stereocenters. The van der Waals surface area contributed by atoms with Crippen molar-refractivity contribution in [2.75, 3.05) is 32.8 Å². The molecule has 2 heterocycles. The molecule has 0 aliphatic rings. The number of amides is 1. The van der Waals surface area contributed by atoms with Crippen molar-refractivity contribution in [2.45, 2.75) is 19.4 Å². The molecule has 2 aromatic carbocycles. The first kappa shape index (κ1) is 22.6. The first-order valence-corrected chi connectivity index (χ1v) is 11.3. The number of aromatic nitrogens is 3. The zero-order valence-electron chi connectivity index (χ0n) is 18.9. The highest BCUT2D eigenvalue weighted by molar-refractivity contribution is 7.22. The number of carbonyl (C=O) groups excluding carboxylic acids is 1. The summed E-state index contributed by atoms with van der Waals surface area (Å²) in [5, 5.41) is 0.622. The summed E-state index contributed by atoms with van der Waals surface area (Å²) in [6, 6.07) is 11.2. The Balaban J connectivity index is 1.63.